The molecular weight excluding hydrogens is 568 g/mol. The molecule has 5 rings (SSSR count). The molecule has 0 bridgehead atoms. The first-order chi connectivity index (χ1) is 20.9. The Labute approximate surface area is 253 Å². The molecule has 0 amide bonds. The molecule has 1 aliphatic heterocycles. The van der Waals surface area contributed by atoms with E-state index in [4.69, 9.17) is 18.9 Å². The normalized spacial score (nSPS) is 21.4. The van der Waals surface area contributed by atoms with Crippen LogP contribution in [0.4, 0.5) is 0 Å². The molecule has 0 spiro atoms. The van der Waals surface area contributed by atoms with E-state index >= 15 is 0 Å². The van der Waals surface area contributed by atoms with Crippen LogP contribution in [0.5, 0.6) is 0 Å². The molecule has 0 radical (unpaired) electrons. The molecule has 9 heteroatoms. The van der Waals surface area contributed by atoms with E-state index in [1.807, 2.05) is 31.2 Å². The molecule has 0 saturated carbocycles. The van der Waals surface area contributed by atoms with Gasteiger partial charge in [0, 0.05) is 4.90 Å². The number of thioether (sulfide) groups is 1. The Morgan fingerprint density at radius 1 is 0.674 bits per heavy atom. The minimum Gasteiger partial charge on any atom is -0.459 e. The SMILES string of the molecule is Cc1ccc(S[C@@H]2O[C@H](COC(=O)c3ccccc3)[C@H](OC(=O)c3ccccc3)[C@H](OC(=O)c3ccccc3)[C@H]2O)cc1. The standard InChI is InChI=1S/C34H30O8S/c1-22-17-19-26(20-18-22)43-34-28(35)30(42-33(38)25-15-9-4-10-16-25)29(41-32(37)24-13-7-3-8-14-24)27(40-34)21-39-31(36)23-11-5-2-6-12-23/h2-20,27-30,34-35H,21H2,1H3/t27-,28-,29+,30-,34+/m1/s1. The van der Waals surface area contributed by atoms with Crippen molar-refractivity contribution in [2.75, 3.05) is 6.61 Å². The van der Waals surface area contributed by atoms with E-state index < -0.39 is 47.8 Å². The van der Waals surface area contributed by atoms with Gasteiger partial charge in [0.1, 0.15) is 24.3 Å². The lowest BCUT2D eigenvalue weighted by Crippen LogP contribution is -2.60. The van der Waals surface area contributed by atoms with E-state index in [0.717, 1.165) is 10.5 Å². The van der Waals surface area contributed by atoms with Crippen LogP contribution in [0, 0.1) is 6.92 Å². The molecule has 0 aliphatic carbocycles. The Bertz CT molecular complexity index is 1510. The van der Waals surface area contributed by atoms with Crippen LogP contribution >= 0.6 is 11.8 Å². The van der Waals surface area contributed by atoms with Crippen LogP contribution < -0.4 is 0 Å². The largest absolute Gasteiger partial charge is 0.459 e. The molecule has 4 aromatic carbocycles. The van der Waals surface area contributed by atoms with E-state index in [-0.39, 0.29) is 17.7 Å². The van der Waals surface area contributed by atoms with Crippen LogP contribution in [0.1, 0.15) is 36.6 Å². The quantitative estimate of drug-likeness (QED) is 0.198. The molecule has 4 aromatic rings. The first-order valence-electron chi connectivity index (χ1n) is 13.7. The Morgan fingerprint density at radius 2 is 1.14 bits per heavy atom. The predicted octanol–water partition coefficient (Wildman–Crippen LogP) is 5.48. The molecule has 0 aromatic heterocycles. The number of aryl methyl sites for hydroxylation is 1. The summed E-state index contributed by atoms with van der Waals surface area (Å²) in [7, 11) is 0. The van der Waals surface area contributed by atoms with Gasteiger partial charge in [-0.3, -0.25) is 0 Å². The van der Waals surface area contributed by atoms with Gasteiger partial charge in [-0.2, -0.15) is 0 Å². The summed E-state index contributed by atoms with van der Waals surface area (Å²) < 4.78 is 23.5. The van der Waals surface area contributed by atoms with Crippen molar-refractivity contribution in [2.24, 2.45) is 0 Å². The zero-order chi connectivity index (χ0) is 30.2. The summed E-state index contributed by atoms with van der Waals surface area (Å²) in [6.45, 7) is 1.62. The van der Waals surface area contributed by atoms with Crippen molar-refractivity contribution in [3.8, 4) is 0 Å². The number of carbonyl (C=O) groups excluding carboxylic acids is 3. The van der Waals surface area contributed by atoms with Crippen LogP contribution in [0.2, 0.25) is 0 Å². The van der Waals surface area contributed by atoms with Crippen molar-refractivity contribution in [3.63, 3.8) is 0 Å². The van der Waals surface area contributed by atoms with E-state index in [9.17, 15) is 19.5 Å². The Hall–Kier alpha value is -4.44. The van der Waals surface area contributed by atoms with Crippen LogP contribution in [-0.2, 0) is 18.9 Å². The highest BCUT2D eigenvalue weighted by molar-refractivity contribution is 7.99. The average molecular weight is 599 g/mol. The Kier molecular flexibility index (Phi) is 9.88. The number of ether oxygens (including phenoxy) is 4. The fourth-order valence-electron chi connectivity index (χ4n) is 4.50. The molecule has 1 aliphatic rings. The summed E-state index contributed by atoms with van der Waals surface area (Å²) in [5.41, 5.74) is 0.936. The van der Waals surface area contributed by atoms with Crippen molar-refractivity contribution in [2.45, 2.75) is 41.7 Å². The number of rotatable bonds is 9. The molecule has 220 valence electrons. The maximum atomic E-state index is 13.2. The summed E-state index contributed by atoms with van der Waals surface area (Å²) >= 11 is 1.22. The molecule has 8 nitrogen and oxygen atoms in total. The molecule has 0 unspecified atom stereocenters. The van der Waals surface area contributed by atoms with Gasteiger partial charge in [-0.1, -0.05) is 84.1 Å². The second-order valence-electron chi connectivity index (χ2n) is 9.90. The van der Waals surface area contributed by atoms with Gasteiger partial charge in [0.05, 0.1) is 16.7 Å². The molecule has 43 heavy (non-hydrogen) atoms. The maximum absolute atomic E-state index is 13.2. The van der Waals surface area contributed by atoms with Crippen molar-refractivity contribution < 1.29 is 38.4 Å². The lowest BCUT2D eigenvalue weighted by molar-refractivity contribution is -0.206. The molecule has 1 N–H and O–H groups in total. The predicted molar refractivity (Wildman–Crippen MR) is 160 cm³/mol. The average Bonchev–Trinajstić information content (AvgIpc) is 3.05. The third kappa shape index (κ3) is 7.70. The van der Waals surface area contributed by atoms with Crippen molar-refractivity contribution in [3.05, 3.63) is 138 Å². The van der Waals surface area contributed by atoms with E-state index in [2.05, 4.69) is 0 Å². The van der Waals surface area contributed by atoms with Gasteiger partial charge in [0.25, 0.3) is 0 Å². The summed E-state index contributed by atoms with van der Waals surface area (Å²) in [5.74, 6) is -2.04. The number of esters is 3. The smallest absolute Gasteiger partial charge is 0.338 e. The van der Waals surface area contributed by atoms with Gasteiger partial charge in [0.2, 0.25) is 0 Å². The van der Waals surface area contributed by atoms with Crippen LogP contribution in [0.3, 0.4) is 0 Å². The van der Waals surface area contributed by atoms with E-state index in [1.54, 1.807) is 91.0 Å². The highest BCUT2D eigenvalue weighted by Gasteiger charge is 2.50. The van der Waals surface area contributed by atoms with Gasteiger partial charge >= 0.3 is 17.9 Å². The zero-order valence-corrected chi connectivity index (χ0v) is 24.1. The van der Waals surface area contributed by atoms with Gasteiger partial charge < -0.3 is 24.1 Å². The van der Waals surface area contributed by atoms with Gasteiger partial charge in [-0.25, -0.2) is 14.4 Å². The van der Waals surface area contributed by atoms with Crippen LogP contribution in [0.15, 0.2) is 120 Å². The minimum atomic E-state index is -1.41. The van der Waals surface area contributed by atoms with Crippen molar-refractivity contribution in [1.29, 1.82) is 0 Å². The number of carbonyl (C=O) groups is 3. The first kappa shape index (κ1) is 30.0. The summed E-state index contributed by atoms with van der Waals surface area (Å²) in [4.78, 5) is 40.1. The van der Waals surface area contributed by atoms with E-state index in [1.165, 1.54) is 11.8 Å². The molecule has 1 fully saturated rings. The van der Waals surface area contributed by atoms with Crippen molar-refractivity contribution in [1.82, 2.24) is 0 Å². The second-order valence-corrected chi connectivity index (χ2v) is 11.1. The zero-order valence-electron chi connectivity index (χ0n) is 23.3. The highest BCUT2D eigenvalue weighted by Crippen LogP contribution is 2.36. The maximum Gasteiger partial charge on any atom is 0.338 e. The van der Waals surface area contributed by atoms with Crippen LogP contribution in [0.25, 0.3) is 0 Å². The fourth-order valence-corrected chi connectivity index (χ4v) is 5.55. The Balaban J connectivity index is 1.46. The number of aliphatic hydroxyl groups excluding tert-OH is 1. The topological polar surface area (TPSA) is 108 Å². The molecule has 1 saturated heterocycles. The number of hydrogen-bond acceptors (Lipinski definition) is 9. The second kappa shape index (κ2) is 14.2. The minimum absolute atomic E-state index is 0.251. The summed E-state index contributed by atoms with van der Waals surface area (Å²) in [5, 5.41) is 11.5. The molecule has 5 atom stereocenters. The lowest BCUT2D eigenvalue weighted by Gasteiger charge is -2.43. The Morgan fingerprint density at radius 3 is 1.65 bits per heavy atom. The fraction of sp³-hybridized carbons (Fsp3) is 0.206. The summed E-state index contributed by atoms with van der Waals surface area (Å²) in [6, 6.07) is 32.6. The third-order valence-corrected chi connectivity index (χ3v) is 7.95. The monoisotopic (exact) mass is 598 g/mol. The van der Waals surface area contributed by atoms with Crippen LogP contribution in [-0.4, -0.2) is 59.5 Å². The van der Waals surface area contributed by atoms with E-state index in [0.29, 0.717) is 5.56 Å². The van der Waals surface area contributed by atoms with Gasteiger partial charge in [-0.05, 0) is 55.5 Å². The molecular formula is C34H30O8S. The third-order valence-electron chi connectivity index (χ3n) is 6.78. The number of aliphatic hydroxyl groups is 1. The molecule has 1 heterocycles. The van der Waals surface area contributed by atoms with Crippen molar-refractivity contribution >= 4 is 29.7 Å². The number of benzene rings is 4. The highest BCUT2D eigenvalue weighted by atomic mass is 32.2. The van der Waals surface area contributed by atoms with Gasteiger partial charge in [0.15, 0.2) is 12.2 Å². The first-order valence-corrected chi connectivity index (χ1v) is 14.6. The van der Waals surface area contributed by atoms with Gasteiger partial charge in [-0.15, -0.1) is 0 Å². The summed E-state index contributed by atoms with van der Waals surface area (Å²) in [6.07, 6.45) is -5.15. The lowest BCUT2D eigenvalue weighted by atomic mass is 9.99. The number of hydrogen-bond donors (Lipinski definition) is 1.